The van der Waals surface area contributed by atoms with E-state index in [1.165, 1.54) is 0 Å². The molecule has 306 valence electrons. The highest BCUT2D eigenvalue weighted by atomic mass is 16.5. The Kier molecular flexibility index (Phi) is 13.2. The molecule has 0 aliphatic rings. The van der Waals surface area contributed by atoms with Crippen molar-refractivity contribution in [3.8, 4) is 0 Å². The van der Waals surface area contributed by atoms with Crippen LogP contribution in [0.25, 0.3) is 0 Å². The van der Waals surface area contributed by atoms with Crippen LogP contribution in [0.4, 0.5) is 0 Å². The molecule has 8 rings (SSSR count). The third-order valence-electron chi connectivity index (χ3n) is 11.2. The van der Waals surface area contributed by atoms with E-state index in [1.54, 1.807) is 24.3 Å². The lowest BCUT2D eigenvalue weighted by Crippen LogP contribution is -2.57. The van der Waals surface area contributed by atoms with Gasteiger partial charge in [-0.05, 0) is 57.6 Å². The molecule has 8 aromatic carbocycles. The van der Waals surface area contributed by atoms with Gasteiger partial charge in [-0.15, -0.1) is 0 Å². The first-order valence-corrected chi connectivity index (χ1v) is 20.9. The van der Waals surface area contributed by atoms with Gasteiger partial charge in [0.1, 0.15) is 11.2 Å². The molecule has 6 nitrogen and oxygen atoms in total. The zero-order valence-electron chi connectivity index (χ0n) is 34.3. The molecular formula is C56H48N2O4. The van der Waals surface area contributed by atoms with Gasteiger partial charge in [0.15, 0.2) is 0 Å². The van der Waals surface area contributed by atoms with Gasteiger partial charge in [-0.1, -0.05) is 218 Å². The van der Waals surface area contributed by atoms with Crippen molar-refractivity contribution in [3.05, 3.63) is 287 Å². The molecule has 62 heavy (non-hydrogen) atoms. The summed E-state index contributed by atoms with van der Waals surface area (Å²) in [4.78, 5) is 28.8. The molecule has 0 saturated heterocycles. The molecule has 0 saturated carbocycles. The number of rotatable bonds is 17. The summed E-state index contributed by atoms with van der Waals surface area (Å²) < 4.78 is 14.8. The lowest BCUT2D eigenvalue weighted by atomic mass is 9.80. The Balaban J connectivity index is 1.28. The topological polar surface area (TPSA) is 76.7 Å². The van der Waals surface area contributed by atoms with Crippen molar-refractivity contribution in [1.82, 2.24) is 10.6 Å². The van der Waals surface area contributed by atoms with Gasteiger partial charge in [-0.3, -0.25) is 9.59 Å². The first-order chi connectivity index (χ1) is 30.6. The zero-order chi connectivity index (χ0) is 42.5. The molecule has 8 aromatic rings. The van der Waals surface area contributed by atoms with Crippen LogP contribution in [0.5, 0.6) is 0 Å². The maximum Gasteiger partial charge on any atom is 0.251 e. The first-order valence-electron chi connectivity index (χ1n) is 20.9. The minimum atomic E-state index is -1.11. The third kappa shape index (κ3) is 9.03. The van der Waals surface area contributed by atoms with Crippen molar-refractivity contribution in [2.45, 2.75) is 23.3 Å². The van der Waals surface area contributed by atoms with E-state index in [4.69, 9.17) is 9.47 Å². The highest BCUT2D eigenvalue weighted by Crippen LogP contribution is 2.42. The van der Waals surface area contributed by atoms with Gasteiger partial charge in [0.2, 0.25) is 0 Å². The Labute approximate surface area is 363 Å². The predicted molar refractivity (Wildman–Crippen MR) is 246 cm³/mol. The summed E-state index contributed by atoms with van der Waals surface area (Å²) in [6.45, 7) is -0.0648. The average Bonchev–Trinajstić information content (AvgIpc) is 3.36. The average molecular weight is 813 g/mol. The standard InChI is InChI=1S/C56H48N2O4/c59-53(43-25-9-1-10-26-43)57-51(41-61-55(45-29-13-3-14-30-45,46-31-15-4-16-32-46)47-33-17-5-18-34-47)52(58-54(60)44-27-11-2-12-28-44)42-62-56(48-35-19-6-20-36-48,49-37-21-7-22-38-49)50-39-23-8-24-40-50/h1-40,51-52H,41-42H2,(H,57,59)(H,58,60)/t51-,52-/m1/s1. The lowest BCUT2D eigenvalue weighted by molar-refractivity contribution is -0.0308. The van der Waals surface area contributed by atoms with Gasteiger partial charge >= 0.3 is 0 Å². The summed E-state index contributed by atoms with van der Waals surface area (Å²) in [7, 11) is 0. The molecule has 2 N–H and O–H groups in total. The van der Waals surface area contributed by atoms with Crippen molar-refractivity contribution in [1.29, 1.82) is 0 Å². The van der Waals surface area contributed by atoms with E-state index in [-0.39, 0.29) is 25.0 Å². The van der Waals surface area contributed by atoms with Gasteiger partial charge in [0, 0.05) is 11.1 Å². The van der Waals surface area contributed by atoms with Crippen LogP contribution in [-0.4, -0.2) is 37.1 Å². The monoisotopic (exact) mass is 812 g/mol. The largest absolute Gasteiger partial charge is 0.359 e. The fourth-order valence-corrected chi connectivity index (χ4v) is 8.17. The maximum atomic E-state index is 14.4. The molecule has 0 aliphatic carbocycles. The van der Waals surface area contributed by atoms with Crippen LogP contribution >= 0.6 is 0 Å². The van der Waals surface area contributed by atoms with Gasteiger partial charge in [0.25, 0.3) is 11.8 Å². The van der Waals surface area contributed by atoms with Gasteiger partial charge < -0.3 is 20.1 Å². The van der Waals surface area contributed by atoms with E-state index >= 15 is 0 Å². The Morgan fingerprint density at radius 1 is 0.323 bits per heavy atom. The third-order valence-corrected chi connectivity index (χ3v) is 11.2. The highest BCUT2D eigenvalue weighted by molar-refractivity contribution is 5.95. The lowest BCUT2D eigenvalue weighted by Gasteiger charge is -2.40. The summed E-state index contributed by atoms with van der Waals surface area (Å²) in [5.74, 6) is -0.633. The molecule has 0 aliphatic heterocycles. The normalized spacial score (nSPS) is 12.5. The molecule has 0 radical (unpaired) electrons. The summed E-state index contributed by atoms with van der Waals surface area (Å²) in [5.41, 5.74) is 4.15. The van der Waals surface area contributed by atoms with E-state index in [9.17, 15) is 9.59 Å². The van der Waals surface area contributed by atoms with Crippen molar-refractivity contribution in [3.63, 3.8) is 0 Å². The van der Waals surface area contributed by atoms with Crippen LogP contribution in [0.3, 0.4) is 0 Å². The second kappa shape index (κ2) is 19.8. The number of carbonyl (C=O) groups is 2. The number of carbonyl (C=O) groups excluding carboxylic acids is 2. The van der Waals surface area contributed by atoms with E-state index in [0.29, 0.717) is 11.1 Å². The molecule has 0 aromatic heterocycles. The van der Waals surface area contributed by atoms with E-state index < -0.39 is 23.3 Å². The zero-order valence-corrected chi connectivity index (χ0v) is 34.3. The number of ether oxygens (including phenoxy) is 2. The fraction of sp³-hybridized carbons (Fsp3) is 0.107. The number of hydrogen-bond donors (Lipinski definition) is 2. The Hall–Kier alpha value is -7.38. The molecule has 0 heterocycles. The minimum Gasteiger partial charge on any atom is -0.359 e. The molecule has 0 spiro atoms. The van der Waals surface area contributed by atoms with Crippen LogP contribution in [0.15, 0.2) is 243 Å². The summed E-state index contributed by atoms with van der Waals surface area (Å²) >= 11 is 0. The highest BCUT2D eigenvalue weighted by Gasteiger charge is 2.42. The molecule has 0 fully saturated rings. The summed E-state index contributed by atoms with van der Waals surface area (Å²) in [5, 5.41) is 6.63. The van der Waals surface area contributed by atoms with Gasteiger partial charge in [-0.25, -0.2) is 0 Å². The second-order valence-electron chi connectivity index (χ2n) is 15.1. The van der Waals surface area contributed by atoms with E-state index in [1.807, 2.05) is 146 Å². The molecule has 2 amide bonds. The minimum absolute atomic E-state index is 0.0324. The number of amides is 2. The summed E-state index contributed by atoms with van der Waals surface area (Å²) in [6.07, 6.45) is 0. The smallest absolute Gasteiger partial charge is 0.251 e. The molecular weight excluding hydrogens is 765 g/mol. The maximum absolute atomic E-state index is 14.4. The van der Waals surface area contributed by atoms with Gasteiger partial charge in [0.05, 0.1) is 25.3 Å². The SMILES string of the molecule is O=C(N[C@H](COC(c1ccccc1)(c1ccccc1)c1ccccc1)[C@@H](COC(c1ccccc1)(c1ccccc1)c1ccccc1)NC(=O)c1ccccc1)c1ccccc1. The Bertz CT molecular complexity index is 2220. The van der Waals surface area contributed by atoms with E-state index in [2.05, 4.69) is 83.4 Å². The number of hydrogen-bond acceptors (Lipinski definition) is 4. The number of benzene rings is 8. The Morgan fingerprint density at radius 3 is 0.726 bits per heavy atom. The van der Waals surface area contributed by atoms with Crippen molar-refractivity contribution < 1.29 is 19.1 Å². The Morgan fingerprint density at radius 2 is 0.516 bits per heavy atom. The number of nitrogens with one attached hydrogen (secondary N) is 2. The molecule has 6 heteroatoms. The van der Waals surface area contributed by atoms with Crippen LogP contribution in [0.1, 0.15) is 54.1 Å². The fourth-order valence-electron chi connectivity index (χ4n) is 8.17. The van der Waals surface area contributed by atoms with Crippen LogP contribution in [-0.2, 0) is 20.7 Å². The quantitative estimate of drug-likeness (QED) is 0.0898. The van der Waals surface area contributed by atoms with Crippen molar-refractivity contribution >= 4 is 11.8 Å². The summed E-state index contributed by atoms with van der Waals surface area (Å²) in [6, 6.07) is 77.1. The van der Waals surface area contributed by atoms with Gasteiger partial charge in [-0.2, -0.15) is 0 Å². The molecule has 0 bridgehead atoms. The van der Waals surface area contributed by atoms with Crippen molar-refractivity contribution in [2.75, 3.05) is 13.2 Å². The first kappa shape index (κ1) is 41.4. The predicted octanol–water partition coefficient (Wildman–Crippen LogP) is 10.6. The van der Waals surface area contributed by atoms with Crippen LogP contribution in [0.2, 0.25) is 0 Å². The molecule has 2 atom stereocenters. The van der Waals surface area contributed by atoms with Crippen LogP contribution < -0.4 is 10.6 Å². The molecule has 0 unspecified atom stereocenters. The van der Waals surface area contributed by atoms with Crippen LogP contribution in [0, 0.1) is 0 Å². The van der Waals surface area contributed by atoms with Crippen molar-refractivity contribution in [2.24, 2.45) is 0 Å². The second-order valence-corrected chi connectivity index (χ2v) is 15.1. The van der Waals surface area contributed by atoms with E-state index in [0.717, 1.165) is 33.4 Å².